The first kappa shape index (κ1) is 14.6. The highest BCUT2D eigenvalue weighted by Crippen LogP contribution is 2.22. The van der Waals surface area contributed by atoms with Crippen molar-refractivity contribution in [3.63, 3.8) is 0 Å². The average molecular weight is 267 g/mol. The standard InChI is InChI=1S/C12H17N3O4/c1-15(2)12(19)14-6-5-13-11(18)9-4-3-8(16)7-10(9)17/h3-4,7,16-17H,5-6H2,1-2H3,(H,13,18)(H,14,19). The molecule has 0 aliphatic rings. The lowest BCUT2D eigenvalue weighted by molar-refractivity contribution is 0.0951. The van der Waals surface area contributed by atoms with E-state index in [-0.39, 0.29) is 36.2 Å². The average Bonchev–Trinajstić information content (AvgIpc) is 2.33. The first-order chi connectivity index (χ1) is 8.91. The zero-order chi connectivity index (χ0) is 14.4. The number of rotatable bonds is 4. The second kappa shape index (κ2) is 6.48. The summed E-state index contributed by atoms with van der Waals surface area (Å²) in [4.78, 5) is 24.2. The van der Waals surface area contributed by atoms with Crippen molar-refractivity contribution >= 4 is 11.9 Å². The highest BCUT2D eigenvalue weighted by molar-refractivity contribution is 5.97. The van der Waals surface area contributed by atoms with E-state index in [1.165, 1.54) is 17.0 Å². The van der Waals surface area contributed by atoms with Crippen molar-refractivity contribution in [3.8, 4) is 11.5 Å². The van der Waals surface area contributed by atoms with E-state index in [0.29, 0.717) is 0 Å². The monoisotopic (exact) mass is 267 g/mol. The number of urea groups is 1. The van der Waals surface area contributed by atoms with Crippen molar-refractivity contribution in [1.82, 2.24) is 15.5 Å². The molecule has 7 nitrogen and oxygen atoms in total. The van der Waals surface area contributed by atoms with Crippen LogP contribution < -0.4 is 10.6 Å². The van der Waals surface area contributed by atoms with Crippen molar-refractivity contribution in [3.05, 3.63) is 23.8 Å². The fraction of sp³-hybridized carbons (Fsp3) is 0.333. The summed E-state index contributed by atoms with van der Waals surface area (Å²) in [5.41, 5.74) is 0.0664. The van der Waals surface area contributed by atoms with Gasteiger partial charge in [0.25, 0.3) is 5.91 Å². The summed E-state index contributed by atoms with van der Waals surface area (Å²) >= 11 is 0. The van der Waals surface area contributed by atoms with Crippen LogP contribution in [0.25, 0.3) is 0 Å². The zero-order valence-electron chi connectivity index (χ0n) is 10.8. The Morgan fingerprint density at radius 1 is 1.16 bits per heavy atom. The zero-order valence-corrected chi connectivity index (χ0v) is 10.8. The van der Waals surface area contributed by atoms with Gasteiger partial charge in [0.15, 0.2) is 0 Å². The number of nitrogens with one attached hydrogen (secondary N) is 2. The van der Waals surface area contributed by atoms with E-state index >= 15 is 0 Å². The van der Waals surface area contributed by atoms with Crippen LogP contribution >= 0.6 is 0 Å². The van der Waals surface area contributed by atoms with Crippen LogP contribution in [0.5, 0.6) is 11.5 Å². The molecule has 0 aliphatic heterocycles. The number of hydrogen-bond acceptors (Lipinski definition) is 4. The maximum atomic E-state index is 11.7. The van der Waals surface area contributed by atoms with E-state index in [9.17, 15) is 14.7 Å². The van der Waals surface area contributed by atoms with Gasteiger partial charge in [-0.3, -0.25) is 4.79 Å². The third-order valence-electron chi connectivity index (χ3n) is 2.32. The molecule has 1 rings (SSSR count). The van der Waals surface area contributed by atoms with Crippen LogP contribution in [0.2, 0.25) is 0 Å². The summed E-state index contributed by atoms with van der Waals surface area (Å²) in [5, 5.41) is 23.7. The van der Waals surface area contributed by atoms with Gasteiger partial charge in [0.1, 0.15) is 11.5 Å². The van der Waals surface area contributed by atoms with Gasteiger partial charge in [-0.1, -0.05) is 0 Å². The molecule has 0 heterocycles. The van der Waals surface area contributed by atoms with Crippen molar-refractivity contribution in [2.24, 2.45) is 0 Å². The molecule has 104 valence electrons. The summed E-state index contributed by atoms with van der Waals surface area (Å²) in [6, 6.07) is 3.46. The molecule has 0 atom stereocenters. The number of carbonyl (C=O) groups excluding carboxylic acids is 2. The third-order valence-corrected chi connectivity index (χ3v) is 2.32. The van der Waals surface area contributed by atoms with Crippen molar-refractivity contribution in [2.75, 3.05) is 27.2 Å². The van der Waals surface area contributed by atoms with E-state index in [2.05, 4.69) is 10.6 Å². The van der Waals surface area contributed by atoms with Crippen molar-refractivity contribution < 1.29 is 19.8 Å². The lowest BCUT2D eigenvalue weighted by Crippen LogP contribution is -2.39. The minimum Gasteiger partial charge on any atom is -0.508 e. The molecule has 7 heteroatoms. The Hall–Kier alpha value is -2.44. The normalized spacial score (nSPS) is 9.79. The minimum atomic E-state index is -0.475. The number of benzene rings is 1. The molecule has 1 aromatic carbocycles. The van der Waals surface area contributed by atoms with Crippen LogP contribution in [-0.4, -0.2) is 54.2 Å². The van der Waals surface area contributed by atoms with Gasteiger partial charge in [-0.25, -0.2) is 4.79 Å². The Morgan fingerprint density at radius 3 is 2.37 bits per heavy atom. The predicted molar refractivity (Wildman–Crippen MR) is 69.2 cm³/mol. The van der Waals surface area contributed by atoms with Crippen LogP contribution in [0, 0.1) is 0 Å². The molecule has 0 fully saturated rings. The van der Waals surface area contributed by atoms with Gasteiger partial charge in [0.2, 0.25) is 0 Å². The minimum absolute atomic E-state index is 0.0664. The van der Waals surface area contributed by atoms with Gasteiger partial charge < -0.3 is 25.7 Å². The van der Waals surface area contributed by atoms with E-state index in [1.54, 1.807) is 14.1 Å². The Morgan fingerprint density at radius 2 is 1.79 bits per heavy atom. The van der Waals surface area contributed by atoms with Crippen molar-refractivity contribution in [1.29, 1.82) is 0 Å². The predicted octanol–water partition coefficient (Wildman–Crippen LogP) is 0.0988. The van der Waals surface area contributed by atoms with Gasteiger partial charge >= 0.3 is 6.03 Å². The van der Waals surface area contributed by atoms with E-state index in [4.69, 9.17) is 5.11 Å². The van der Waals surface area contributed by atoms with Gasteiger partial charge in [-0.15, -0.1) is 0 Å². The van der Waals surface area contributed by atoms with Crippen LogP contribution in [-0.2, 0) is 0 Å². The topological polar surface area (TPSA) is 102 Å². The van der Waals surface area contributed by atoms with Gasteiger partial charge in [-0.05, 0) is 12.1 Å². The van der Waals surface area contributed by atoms with Gasteiger partial charge in [0, 0.05) is 33.3 Å². The van der Waals surface area contributed by atoms with Gasteiger partial charge in [0.05, 0.1) is 5.56 Å². The number of hydrogen-bond donors (Lipinski definition) is 4. The molecule has 0 aromatic heterocycles. The second-order valence-electron chi connectivity index (χ2n) is 4.08. The summed E-state index contributed by atoms with van der Waals surface area (Å²) in [6.07, 6.45) is 0. The highest BCUT2D eigenvalue weighted by Gasteiger charge is 2.11. The molecule has 0 spiro atoms. The largest absolute Gasteiger partial charge is 0.508 e. The molecule has 0 radical (unpaired) electrons. The number of phenolic OH excluding ortho intramolecular Hbond substituents is 2. The van der Waals surface area contributed by atoms with Crippen LogP contribution in [0.15, 0.2) is 18.2 Å². The maximum Gasteiger partial charge on any atom is 0.316 e. The molecule has 0 bridgehead atoms. The summed E-state index contributed by atoms with van der Waals surface area (Å²) < 4.78 is 0. The SMILES string of the molecule is CN(C)C(=O)NCCNC(=O)c1ccc(O)cc1O. The molecule has 0 saturated heterocycles. The third kappa shape index (κ3) is 4.38. The molecule has 1 aromatic rings. The maximum absolute atomic E-state index is 11.7. The second-order valence-corrected chi connectivity index (χ2v) is 4.08. The first-order valence-electron chi connectivity index (χ1n) is 5.67. The van der Waals surface area contributed by atoms with E-state index in [0.717, 1.165) is 6.07 Å². The first-order valence-corrected chi connectivity index (χ1v) is 5.67. The molecule has 0 unspecified atom stereocenters. The van der Waals surface area contributed by atoms with Crippen molar-refractivity contribution in [2.45, 2.75) is 0 Å². The Bertz CT molecular complexity index is 474. The van der Waals surface area contributed by atoms with Crippen LogP contribution in [0.4, 0.5) is 4.79 Å². The Balaban J connectivity index is 2.41. The molecule has 3 amide bonds. The molecule has 0 saturated carbocycles. The molecule has 0 aliphatic carbocycles. The summed E-state index contributed by atoms with van der Waals surface area (Å²) in [7, 11) is 3.23. The highest BCUT2D eigenvalue weighted by atomic mass is 16.3. The Labute approximate surface area is 110 Å². The summed E-state index contributed by atoms with van der Waals surface area (Å²) in [5.74, 6) is -0.890. The van der Waals surface area contributed by atoms with Gasteiger partial charge in [-0.2, -0.15) is 0 Å². The quantitative estimate of drug-likeness (QED) is 0.581. The van der Waals surface area contributed by atoms with E-state index in [1.807, 2.05) is 0 Å². The number of amides is 3. The fourth-order valence-corrected chi connectivity index (χ4v) is 1.31. The fourth-order valence-electron chi connectivity index (χ4n) is 1.31. The van der Waals surface area contributed by atoms with E-state index < -0.39 is 5.91 Å². The smallest absolute Gasteiger partial charge is 0.316 e. The molecule has 4 N–H and O–H groups in total. The lowest BCUT2D eigenvalue weighted by Gasteiger charge is -2.12. The number of aromatic hydroxyl groups is 2. The molecule has 19 heavy (non-hydrogen) atoms. The molecular weight excluding hydrogens is 250 g/mol. The lowest BCUT2D eigenvalue weighted by atomic mass is 10.2. The number of carbonyl (C=O) groups is 2. The number of nitrogens with zero attached hydrogens (tertiary/aromatic N) is 1. The number of phenols is 2. The van der Waals surface area contributed by atoms with Crippen LogP contribution in [0.1, 0.15) is 10.4 Å². The van der Waals surface area contributed by atoms with Crippen LogP contribution in [0.3, 0.4) is 0 Å². The molecular formula is C12H17N3O4. The Kier molecular flexibility index (Phi) is 4.99. The summed E-state index contributed by atoms with van der Waals surface area (Å²) in [6.45, 7) is 0.514.